The Labute approximate surface area is 143 Å². The number of rotatable bonds is 8. The highest BCUT2D eigenvalue weighted by Gasteiger charge is 2.31. The number of methoxy groups -OCH3 is 1. The summed E-state index contributed by atoms with van der Waals surface area (Å²) >= 11 is 0. The molecule has 1 aromatic rings. The number of carbonyl (C=O) groups is 2. The average molecular weight is 359 g/mol. The van der Waals surface area contributed by atoms with E-state index >= 15 is 0 Å². The Bertz CT molecular complexity index is 599. The first kappa shape index (κ1) is 20.7. The summed E-state index contributed by atoms with van der Waals surface area (Å²) < 4.78 is 42.2. The molecule has 25 heavy (non-hydrogen) atoms. The second kappa shape index (κ2) is 9.22. The molecule has 0 bridgehead atoms. The third kappa shape index (κ3) is 6.22. The zero-order valence-corrected chi connectivity index (χ0v) is 13.7. The minimum absolute atomic E-state index is 0.0137. The summed E-state index contributed by atoms with van der Waals surface area (Å²) in [7, 11) is 1.17. The summed E-state index contributed by atoms with van der Waals surface area (Å²) in [6.07, 6.45) is -3.07. The van der Waals surface area contributed by atoms with E-state index < -0.39 is 35.8 Å². The molecule has 1 aromatic carbocycles. The van der Waals surface area contributed by atoms with Gasteiger partial charge in [-0.3, -0.25) is 4.79 Å². The van der Waals surface area contributed by atoms with Gasteiger partial charge in [0.05, 0.1) is 12.7 Å². The zero-order chi connectivity index (χ0) is 19.0. The van der Waals surface area contributed by atoms with Gasteiger partial charge in [-0.1, -0.05) is 18.2 Å². The SMILES string of the molecule is C=CCCC[C@H](NC(=O)[C@H](O)c1ccc(C(F)(F)F)cc1)C(=O)OC. The predicted octanol–water partition coefficient (Wildman–Crippen LogP) is 2.75. The van der Waals surface area contributed by atoms with Crippen molar-refractivity contribution in [3.05, 3.63) is 48.0 Å². The fourth-order valence-electron chi connectivity index (χ4n) is 2.11. The second-order valence-corrected chi connectivity index (χ2v) is 5.33. The molecule has 0 aliphatic heterocycles. The maximum absolute atomic E-state index is 12.5. The summed E-state index contributed by atoms with van der Waals surface area (Å²) in [5.74, 6) is -1.56. The van der Waals surface area contributed by atoms with Gasteiger partial charge in [0.2, 0.25) is 0 Å². The average Bonchev–Trinajstić information content (AvgIpc) is 2.58. The molecule has 1 rings (SSSR count). The summed E-state index contributed by atoms with van der Waals surface area (Å²) in [6, 6.07) is 2.61. The molecule has 0 saturated heterocycles. The number of unbranched alkanes of at least 4 members (excludes halogenated alkanes) is 1. The largest absolute Gasteiger partial charge is 0.467 e. The number of benzene rings is 1. The van der Waals surface area contributed by atoms with Gasteiger partial charge in [0.25, 0.3) is 5.91 Å². The third-order valence-electron chi connectivity index (χ3n) is 3.51. The Kier molecular flexibility index (Phi) is 7.63. The van der Waals surface area contributed by atoms with E-state index in [-0.39, 0.29) is 12.0 Å². The topological polar surface area (TPSA) is 75.6 Å². The molecule has 0 fully saturated rings. The number of hydrogen-bond donors (Lipinski definition) is 2. The first-order chi connectivity index (χ1) is 11.7. The molecule has 0 spiro atoms. The molecule has 2 atom stereocenters. The Hall–Kier alpha value is -2.35. The lowest BCUT2D eigenvalue weighted by molar-refractivity contribution is -0.146. The summed E-state index contributed by atoms with van der Waals surface area (Å²) in [4.78, 5) is 23.8. The monoisotopic (exact) mass is 359 g/mol. The molecule has 2 N–H and O–H groups in total. The van der Waals surface area contributed by atoms with Gasteiger partial charge in [0.15, 0.2) is 6.10 Å². The molecular formula is C17H20F3NO4. The van der Waals surface area contributed by atoms with Gasteiger partial charge >= 0.3 is 12.1 Å². The van der Waals surface area contributed by atoms with E-state index in [0.29, 0.717) is 12.8 Å². The van der Waals surface area contributed by atoms with Gasteiger partial charge in [-0.15, -0.1) is 6.58 Å². The molecule has 0 aliphatic carbocycles. The highest BCUT2D eigenvalue weighted by molar-refractivity contribution is 5.87. The van der Waals surface area contributed by atoms with E-state index in [2.05, 4.69) is 16.6 Å². The number of alkyl halides is 3. The predicted molar refractivity (Wildman–Crippen MR) is 84.4 cm³/mol. The maximum Gasteiger partial charge on any atom is 0.416 e. The molecule has 0 unspecified atom stereocenters. The van der Waals surface area contributed by atoms with Crippen LogP contribution in [-0.2, 0) is 20.5 Å². The van der Waals surface area contributed by atoms with Crippen LogP contribution >= 0.6 is 0 Å². The Morgan fingerprint density at radius 2 is 1.92 bits per heavy atom. The van der Waals surface area contributed by atoms with Crippen LogP contribution in [0.3, 0.4) is 0 Å². The van der Waals surface area contributed by atoms with Crippen LogP contribution in [0.25, 0.3) is 0 Å². The first-order valence-corrected chi connectivity index (χ1v) is 7.55. The molecule has 0 aromatic heterocycles. The van der Waals surface area contributed by atoms with Crippen molar-refractivity contribution >= 4 is 11.9 Å². The lowest BCUT2D eigenvalue weighted by Gasteiger charge is -2.19. The van der Waals surface area contributed by atoms with Gasteiger partial charge in [0, 0.05) is 0 Å². The van der Waals surface area contributed by atoms with Crippen molar-refractivity contribution in [1.29, 1.82) is 0 Å². The number of amides is 1. The number of halogens is 3. The highest BCUT2D eigenvalue weighted by Crippen LogP contribution is 2.30. The summed E-state index contributed by atoms with van der Waals surface area (Å²) in [5.41, 5.74) is -0.902. The van der Waals surface area contributed by atoms with E-state index in [1.165, 1.54) is 7.11 Å². The van der Waals surface area contributed by atoms with Crippen LogP contribution in [0.4, 0.5) is 13.2 Å². The number of ether oxygens (including phenoxy) is 1. The number of esters is 1. The normalized spacial score (nSPS) is 13.6. The van der Waals surface area contributed by atoms with Crippen molar-refractivity contribution in [2.24, 2.45) is 0 Å². The van der Waals surface area contributed by atoms with Crippen molar-refractivity contribution in [3.8, 4) is 0 Å². The fraction of sp³-hybridized carbons (Fsp3) is 0.412. The smallest absolute Gasteiger partial charge is 0.416 e. The molecule has 8 heteroatoms. The Morgan fingerprint density at radius 1 is 1.32 bits per heavy atom. The van der Waals surface area contributed by atoms with E-state index in [9.17, 15) is 27.9 Å². The van der Waals surface area contributed by atoms with Gasteiger partial charge < -0.3 is 15.2 Å². The zero-order valence-electron chi connectivity index (χ0n) is 13.7. The quantitative estimate of drug-likeness (QED) is 0.425. The molecule has 138 valence electrons. The van der Waals surface area contributed by atoms with Crippen molar-refractivity contribution in [3.63, 3.8) is 0 Å². The molecular weight excluding hydrogens is 339 g/mol. The van der Waals surface area contributed by atoms with Gasteiger partial charge in [-0.05, 0) is 37.0 Å². The number of aliphatic hydroxyl groups is 1. The van der Waals surface area contributed by atoms with Crippen LogP contribution in [0, 0.1) is 0 Å². The summed E-state index contributed by atoms with van der Waals surface area (Å²) in [5, 5.41) is 12.3. The van der Waals surface area contributed by atoms with Crippen LogP contribution in [0.5, 0.6) is 0 Å². The van der Waals surface area contributed by atoms with E-state index in [1.54, 1.807) is 6.08 Å². The van der Waals surface area contributed by atoms with E-state index in [0.717, 1.165) is 24.3 Å². The lowest BCUT2D eigenvalue weighted by atomic mass is 10.0. The fourth-order valence-corrected chi connectivity index (χ4v) is 2.11. The van der Waals surface area contributed by atoms with E-state index in [1.807, 2.05) is 0 Å². The number of nitrogens with one attached hydrogen (secondary N) is 1. The third-order valence-corrected chi connectivity index (χ3v) is 3.51. The Morgan fingerprint density at radius 3 is 2.40 bits per heavy atom. The van der Waals surface area contributed by atoms with Crippen molar-refractivity contribution < 1.29 is 32.6 Å². The van der Waals surface area contributed by atoms with Crippen LogP contribution in [0.2, 0.25) is 0 Å². The van der Waals surface area contributed by atoms with E-state index in [4.69, 9.17) is 0 Å². The minimum Gasteiger partial charge on any atom is -0.467 e. The Balaban J connectivity index is 2.78. The number of hydrogen-bond acceptors (Lipinski definition) is 4. The molecule has 5 nitrogen and oxygen atoms in total. The molecule has 0 saturated carbocycles. The second-order valence-electron chi connectivity index (χ2n) is 5.33. The van der Waals surface area contributed by atoms with Crippen molar-refractivity contribution in [1.82, 2.24) is 5.32 Å². The van der Waals surface area contributed by atoms with Crippen LogP contribution in [0.15, 0.2) is 36.9 Å². The van der Waals surface area contributed by atoms with Gasteiger partial charge in [-0.2, -0.15) is 13.2 Å². The first-order valence-electron chi connectivity index (χ1n) is 7.55. The minimum atomic E-state index is -4.51. The molecule has 0 radical (unpaired) electrons. The number of carbonyl (C=O) groups excluding carboxylic acids is 2. The highest BCUT2D eigenvalue weighted by atomic mass is 19.4. The van der Waals surface area contributed by atoms with Crippen molar-refractivity contribution in [2.75, 3.05) is 7.11 Å². The maximum atomic E-state index is 12.5. The van der Waals surface area contributed by atoms with Crippen LogP contribution in [-0.4, -0.2) is 30.1 Å². The summed E-state index contributed by atoms with van der Waals surface area (Å²) in [6.45, 7) is 3.55. The standard InChI is InChI=1S/C17H20F3NO4/c1-3-4-5-6-13(16(24)25-2)21-15(23)14(22)11-7-9-12(10-8-11)17(18,19)20/h3,7-10,13-14,22H,1,4-6H2,2H3,(H,21,23)/t13-,14+/m0/s1. The molecule has 0 aliphatic rings. The lowest BCUT2D eigenvalue weighted by Crippen LogP contribution is -2.43. The molecule has 0 heterocycles. The number of aliphatic hydroxyl groups excluding tert-OH is 1. The van der Waals surface area contributed by atoms with Crippen LogP contribution < -0.4 is 5.32 Å². The number of allylic oxidation sites excluding steroid dienone is 1. The van der Waals surface area contributed by atoms with Crippen LogP contribution in [0.1, 0.15) is 36.5 Å². The molecule has 1 amide bonds. The van der Waals surface area contributed by atoms with Gasteiger partial charge in [0.1, 0.15) is 6.04 Å². The van der Waals surface area contributed by atoms with Gasteiger partial charge in [-0.25, -0.2) is 4.79 Å². The van der Waals surface area contributed by atoms with Crippen molar-refractivity contribution in [2.45, 2.75) is 37.6 Å².